The number of carboxylic acid groups (broad SMARTS) is 1. The first-order valence-electron chi connectivity index (χ1n) is 7.03. The number of carboxylic acids is 1. The van der Waals surface area contributed by atoms with Crippen molar-refractivity contribution in [3.05, 3.63) is 47.3 Å². The second-order valence-electron chi connectivity index (χ2n) is 5.45. The van der Waals surface area contributed by atoms with Gasteiger partial charge in [-0.3, -0.25) is 14.3 Å². The summed E-state index contributed by atoms with van der Waals surface area (Å²) in [4.78, 5) is 22.9. The second kappa shape index (κ2) is 6.43. The maximum Gasteiger partial charge on any atom is 0.307 e. The summed E-state index contributed by atoms with van der Waals surface area (Å²) in [5.74, 6) is -0.871. The fourth-order valence-electron chi connectivity index (χ4n) is 2.06. The van der Waals surface area contributed by atoms with Crippen molar-refractivity contribution in [2.75, 3.05) is 5.32 Å². The highest BCUT2D eigenvalue weighted by molar-refractivity contribution is 6.03. The number of benzene rings is 1. The van der Waals surface area contributed by atoms with Crippen molar-refractivity contribution < 1.29 is 14.7 Å². The minimum atomic E-state index is -0.882. The van der Waals surface area contributed by atoms with Gasteiger partial charge in [0.25, 0.3) is 5.91 Å². The van der Waals surface area contributed by atoms with E-state index in [9.17, 15) is 9.59 Å². The number of hydrogen-bond donors (Lipinski definition) is 2. The van der Waals surface area contributed by atoms with E-state index in [0.29, 0.717) is 16.9 Å². The number of nitrogens with zero attached hydrogens (tertiary/aromatic N) is 2. The number of carbonyl (C=O) groups excluding carboxylic acids is 1. The lowest BCUT2D eigenvalue weighted by atomic mass is 10.1. The molecule has 0 spiro atoms. The van der Waals surface area contributed by atoms with E-state index in [1.807, 2.05) is 13.8 Å². The van der Waals surface area contributed by atoms with Crippen LogP contribution in [-0.2, 0) is 18.3 Å². The molecule has 0 aliphatic carbocycles. The number of rotatable bonds is 5. The molecule has 1 aromatic heterocycles. The zero-order valence-electron chi connectivity index (χ0n) is 12.8. The monoisotopic (exact) mass is 301 g/mol. The van der Waals surface area contributed by atoms with Crippen molar-refractivity contribution in [2.24, 2.45) is 7.05 Å². The SMILES string of the molecule is CC(C)c1cc(C(=O)Nc2ccc(CC(=O)O)cc2)n(C)n1. The zero-order valence-corrected chi connectivity index (χ0v) is 12.8. The van der Waals surface area contributed by atoms with Gasteiger partial charge in [0.2, 0.25) is 0 Å². The van der Waals surface area contributed by atoms with Crippen molar-refractivity contribution >= 4 is 17.6 Å². The summed E-state index contributed by atoms with van der Waals surface area (Å²) in [5, 5.41) is 15.8. The van der Waals surface area contributed by atoms with Gasteiger partial charge in [-0.1, -0.05) is 26.0 Å². The summed E-state index contributed by atoms with van der Waals surface area (Å²) in [5.41, 5.74) is 2.65. The van der Waals surface area contributed by atoms with Gasteiger partial charge in [-0.15, -0.1) is 0 Å². The predicted octanol–water partition coefficient (Wildman–Crippen LogP) is 2.42. The molecule has 0 bridgehead atoms. The molecule has 0 unspecified atom stereocenters. The molecule has 0 saturated heterocycles. The first-order chi connectivity index (χ1) is 10.4. The third kappa shape index (κ3) is 3.72. The summed E-state index contributed by atoms with van der Waals surface area (Å²) >= 11 is 0. The Bertz CT molecular complexity index is 687. The van der Waals surface area contributed by atoms with E-state index in [2.05, 4.69) is 10.4 Å². The molecule has 1 amide bonds. The van der Waals surface area contributed by atoms with Crippen molar-refractivity contribution in [3.8, 4) is 0 Å². The van der Waals surface area contributed by atoms with Crippen LogP contribution >= 0.6 is 0 Å². The first-order valence-corrected chi connectivity index (χ1v) is 7.03. The van der Waals surface area contributed by atoms with Gasteiger partial charge in [0.15, 0.2) is 0 Å². The fraction of sp³-hybridized carbons (Fsp3) is 0.312. The molecular formula is C16H19N3O3. The third-order valence-electron chi connectivity index (χ3n) is 3.29. The molecule has 0 radical (unpaired) electrons. The van der Waals surface area contributed by atoms with E-state index in [4.69, 9.17) is 5.11 Å². The van der Waals surface area contributed by atoms with E-state index in [1.165, 1.54) is 0 Å². The van der Waals surface area contributed by atoms with Crippen molar-refractivity contribution in [2.45, 2.75) is 26.2 Å². The first kappa shape index (κ1) is 15.8. The molecule has 2 N–H and O–H groups in total. The zero-order chi connectivity index (χ0) is 16.3. The maximum atomic E-state index is 12.3. The Balaban J connectivity index is 2.10. The predicted molar refractivity (Wildman–Crippen MR) is 83.0 cm³/mol. The molecular weight excluding hydrogens is 282 g/mol. The Kier molecular flexibility index (Phi) is 4.60. The highest BCUT2D eigenvalue weighted by Gasteiger charge is 2.15. The smallest absolute Gasteiger partial charge is 0.307 e. The number of amides is 1. The van der Waals surface area contributed by atoms with Gasteiger partial charge >= 0.3 is 5.97 Å². The van der Waals surface area contributed by atoms with Crippen LogP contribution in [-0.4, -0.2) is 26.8 Å². The third-order valence-corrected chi connectivity index (χ3v) is 3.29. The lowest BCUT2D eigenvalue weighted by molar-refractivity contribution is -0.136. The van der Waals surface area contributed by atoms with Gasteiger partial charge < -0.3 is 10.4 Å². The summed E-state index contributed by atoms with van der Waals surface area (Å²) in [6, 6.07) is 8.53. The molecule has 0 saturated carbocycles. The highest BCUT2D eigenvalue weighted by Crippen LogP contribution is 2.16. The number of hydrogen-bond acceptors (Lipinski definition) is 3. The molecule has 6 nitrogen and oxygen atoms in total. The number of nitrogens with one attached hydrogen (secondary N) is 1. The Labute approximate surface area is 128 Å². The van der Waals surface area contributed by atoms with Crippen molar-refractivity contribution in [1.82, 2.24) is 9.78 Å². The van der Waals surface area contributed by atoms with E-state index >= 15 is 0 Å². The van der Waals surface area contributed by atoms with Crippen LogP contribution in [0.5, 0.6) is 0 Å². The number of aromatic nitrogens is 2. The Morgan fingerprint density at radius 2 is 1.91 bits per heavy atom. The standard InChI is InChI=1S/C16H19N3O3/c1-10(2)13-9-14(19(3)18-13)16(22)17-12-6-4-11(5-7-12)8-15(20)21/h4-7,9-10H,8H2,1-3H3,(H,17,22)(H,20,21). The summed E-state index contributed by atoms with van der Waals surface area (Å²) in [6.45, 7) is 4.04. The van der Waals surface area contributed by atoms with Gasteiger partial charge in [-0.05, 0) is 29.7 Å². The van der Waals surface area contributed by atoms with Crippen molar-refractivity contribution in [3.63, 3.8) is 0 Å². The van der Waals surface area contributed by atoms with Crippen LogP contribution in [0.4, 0.5) is 5.69 Å². The lowest BCUT2D eigenvalue weighted by Crippen LogP contribution is -2.16. The Hall–Kier alpha value is -2.63. The highest BCUT2D eigenvalue weighted by atomic mass is 16.4. The molecule has 0 fully saturated rings. The minimum Gasteiger partial charge on any atom is -0.481 e. The summed E-state index contributed by atoms with van der Waals surface area (Å²) in [7, 11) is 1.73. The molecule has 0 aliphatic rings. The van der Waals surface area contributed by atoms with Crippen LogP contribution in [0.2, 0.25) is 0 Å². The normalized spacial score (nSPS) is 10.7. The second-order valence-corrected chi connectivity index (χ2v) is 5.45. The Morgan fingerprint density at radius 3 is 2.41 bits per heavy atom. The molecule has 116 valence electrons. The minimum absolute atomic E-state index is 0.0340. The van der Waals surface area contributed by atoms with Gasteiger partial charge in [0, 0.05) is 12.7 Å². The maximum absolute atomic E-state index is 12.3. The largest absolute Gasteiger partial charge is 0.481 e. The topological polar surface area (TPSA) is 84.2 Å². The number of aliphatic carboxylic acids is 1. The molecule has 22 heavy (non-hydrogen) atoms. The molecule has 1 aromatic carbocycles. The fourth-order valence-corrected chi connectivity index (χ4v) is 2.06. The van der Waals surface area contributed by atoms with Gasteiger partial charge in [-0.25, -0.2) is 0 Å². The quantitative estimate of drug-likeness (QED) is 0.888. The van der Waals surface area contributed by atoms with E-state index in [0.717, 1.165) is 5.69 Å². The average molecular weight is 301 g/mol. The number of anilines is 1. The number of aryl methyl sites for hydroxylation is 1. The van der Waals surface area contributed by atoms with Crippen LogP contribution in [0, 0.1) is 0 Å². The van der Waals surface area contributed by atoms with Crippen LogP contribution < -0.4 is 5.32 Å². The molecule has 6 heteroatoms. The van der Waals surface area contributed by atoms with Crippen LogP contribution in [0.25, 0.3) is 0 Å². The molecule has 0 aliphatic heterocycles. The van der Waals surface area contributed by atoms with E-state index in [-0.39, 0.29) is 18.2 Å². The number of carbonyl (C=O) groups is 2. The molecule has 1 heterocycles. The summed E-state index contributed by atoms with van der Waals surface area (Å²) < 4.78 is 1.56. The van der Waals surface area contributed by atoms with E-state index < -0.39 is 5.97 Å². The van der Waals surface area contributed by atoms with Gasteiger partial charge in [-0.2, -0.15) is 5.10 Å². The lowest BCUT2D eigenvalue weighted by Gasteiger charge is -2.06. The van der Waals surface area contributed by atoms with Crippen LogP contribution in [0.15, 0.2) is 30.3 Å². The van der Waals surface area contributed by atoms with Gasteiger partial charge in [0.1, 0.15) is 5.69 Å². The van der Waals surface area contributed by atoms with Crippen LogP contribution in [0.1, 0.15) is 41.5 Å². The Morgan fingerprint density at radius 1 is 1.27 bits per heavy atom. The summed E-state index contributed by atoms with van der Waals surface area (Å²) in [6.07, 6.45) is -0.0340. The van der Waals surface area contributed by atoms with E-state index in [1.54, 1.807) is 42.1 Å². The average Bonchev–Trinajstić information content (AvgIpc) is 2.83. The molecule has 2 aromatic rings. The van der Waals surface area contributed by atoms with Crippen molar-refractivity contribution in [1.29, 1.82) is 0 Å². The van der Waals surface area contributed by atoms with Crippen LogP contribution in [0.3, 0.4) is 0 Å². The molecule has 0 atom stereocenters. The molecule has 2 rings (SSSR count). The van der Waals surface area contributed by atoms with Gasteiger partial charge in [0.05, 0.1) is 12.1 Å².